The number of aliphatic carboxylic acids is 1. The summed E-state index contributed by atoms with van der Waals surface area (Å²) in [4.78, 5) is 23.9. The SMILES string of the molecule is O=C(O)C1CC(=O)N(c2ccc(S(=O)(=O)Nc3c(F)cccc3F)cc2)C1. The number of rotatable bonds is 5. The van der Waals surface area contributed by atoms with E-state index in [-0.39, 0.29) is 23.8 Å². The highest BCUT2D eigenvalue weighted by molar-refractivity contribution is 7.92. The molecule has 2 N–H and O–H groups in total. The van der Waals surface area contributed by atoms with Crippen molar-refractivity contribution in [1.82, 2.24) is 0 Å². The Balaban J connectivity index is 1.83. The molecule has 1 heterocycles. The predicted octanol–water partition coefficient (Wildman–Crippen LogP) is 2.20. The minimum absolute atomic E-state index is 0.0149. The van der Waals surface area contributed by atoms with Crippen LogP contribution in [-0.2, 0) is 19.6 Å². The van der Waals surface area contributed by atoms with Crippen molar-refractivity contribution in [2.24, 2.45) is 5.92 Å². The number of benzene rings is 2. The van der Waals surface area contributed by atoms with Crippen molar-refractivity contribution in [2.45, 2.75) is 11.3 Å². The first-order chi connectivity index (χ1) is 12.7. The summed E-state index contributed by atoms with van der Waals surface area (Å²) in [5.74, 6) is -4.41. The van der Waals surface area contributed by atoms with E-state index >= 15 is 0 Å². The van der Waals surface area contributed by atoms with Gasteiger partial charge in [0.1, 0.15) is 17.3 Å². The largest absolute Gasteiger partial charge is 0.481 e. The highest BCUT2D eigenvalue weighted by Crippen LogP contribution is 2.27. The lowest BCUT2D eigenvalue weighted by atomic mass is 10.1. The number of hydrogen-bond acceptors (Lipinski definition) is 4. The fourth-order valence-electron chi connectivity index (χ4n) is 2.72. The maximum absolute atomic E-state index is 13.7. The Bertz CT molecular complexity index is 988. The molecule has 0 spiro atoms. The number of halogens is 2. The second-order valence-electron chi connectivity index (χ2n) is 5.94. The van der Waals surface area contributed by atoms with Crippen LogP contribution in [0, 0.1) is 17.6 Å². The van der Waals surface area contributed by atoms with E-state index in [1.54, 1.807) is 0 Å². The van der Waals surface area contributed by atoms with Crippen LogP contribution in [0.1, 0.15) is 6.42 Å². The van der Waals surface area contributed by atoms with Crippen molar-refractivity contribution >= 4 is 33.3 Å². The zero-order valence-electron chi connectivity index (χ0n) is 13.7. The van der Waals surface area contributed by atoms with Crippen LogP contribution in [0.5, 0.6) is 0 Å². The Morgan fingerprint density at radius 1 is 1.11 bits per heavy atom. The van der Waals surface area contributed by atoms with Crippen LogP contribution in [0.15, 0.2) is 47.4 Å². The summed E-state index contributed by atoms with van der Waals surface area (Å²) in [6, 6.07) is 7.93. The van der Waals surface area contributed by atoms with E-state index in [1.807, 2.05) is 4.72 Å². The summed E-state index contributed by atoms with van der Waals surface area (Å²) in [6.07, 6.45) is -0.135. The zero-order valence-corrected chi connectivity index (χ0v) is 14.5. The van der Waals surface area contributed by atoms with Crippen molar-refractivity contribution in [2.75, 3.05) is 16.2 Å². The predicted molar refractivity (Wildman–Crippen MR) is 91.7 cm³/mol. The highest BCUT2D eigenvalue weighted by Gasteiger charge is 2.35. The maximum atomic E-state index is 13.7. The summed E-state index contributed by atoms with van der Waals surface area (Å²) in [7, 11) is -4.26. The Morgan fingerprint density at radius 2 is 1.70 bits per heavy atom. The van der Waals surface area contributed by atoms with Crippen LogP contribution in [0.4, 0.5) is 20.2 Å². The van der Waals surface area contributed by atoms with Crippen molar-refractivity contribution < 1.29 is 31.9 Å². The first-order valence-electron chi connectivity index (χ1n) is 7.79. The molecule has 1 fully saturated rings. The van der Waals surface area contributed by atoms with Gasteiger partial charge in [-0.1, -0.05) is 6.07 Å². The van der Waals surface area contributed by atoms with Gasteiger partial charge in [0.05, 0.1) is 10.8 Å². The van der Waals surface area contributed by atoms with Crippen LogP contribution in [0.2, 0.25) is 0 Å². The van der Waals surface area contributed by atoms with Crippen LogP contribution in [0.25, 0.3) is 0 Å². The molecular weight excluding hydrogens is 382 g/mol. The fourth-order valence-corrected chi connectivity index (χ4v) is 3.79. The van der Waals surface area contributed by atoms with Crippen molar-refractivity contribution in [1.29, 1.82) is 0 Å². The monoisotopic (exact) mass is 396 g/mol. The molecule has 0 aliphatic carbocycles. The molecule has 142 valence electrons. The van der Waals surface area contributed by atoms with E-state index in [0.29, 0.717) is 5.69 Å². The Kier molecular flexibility index (Phi) is 4.83. The van der Waals surface area contributed by atoms with Gasteiger partial charge in [0, 0.05) is 18.7 Å². The number of carbonyl (C=O) groups excluding carboxylic acids is 1. The van der Waals surface area contributed by atoms with Crippen LogP contribution < -0.4 is 9.62 Å². The molecule has 3 rings (SSSR count). The molecule has 7 nitrogen and oxygen atoms in total. The number of carboxylic acid groups (broad SMARTS) is 1. The molecule has 1 amide bonds. The van der Waals surface area contributed by atoms with Crippen molar-refractivity contribution in [3.05, 3.63) is 54.1 Å². The highest BCUT2D eigenvalue weighted by atomic mass is 32.2. The lowest BCUT2D eigenvalue weighted by molar-refractivity contribution is -0.141. The minimum Gasteiger partial charge on any atom is -0.481 e. The van der Waals surface area contributed by atoms with Gasteiger partial charge in [0.15, 0.2) is 0 Å². The molecule has 0 radical (unpaired) electrons. The third-order valence-corrected chi connectivity index (χ3v) is 5.50. The first kappa shape index (κ1) is 18.8. The van der Waals surface area contributed by atoms with Crippen LogP contribution in [-0.4, -0.2) is 31.9 Å². The number of sulfonamides is 1. The molecule has 1 saturated heterocycles. The summed E-state index contributed by atoms with van der Waals surface area (Å²) in [5, 5.41) is 9.00. The van der Waals surface area contributed by atoms with E-state index in [4.69, 9.17) is 5.11 Å². The number of carboxylic acids is 1. The van der Waals surface area contributed by atoms with E-state index in [1.165, 1.54) is 17.0 Å². The maximum Gasteiger partial charge on any atom is 0.308 e. The third-order valence-electron chi connectivity index (χ3n) is 4.13. The minimum atomic E-state index is -4.26. The molecular formula is C17H14F2N2O5S. The van der Waals surface area contributed by atoms with Gasteiger partial charge in [-0.05, 0) is 36.4 Å². The van der Waals surface area contributed by atoms with Gasteiger partial charge in [-0.25, -0.2) is 17.2 Å². The molecule has 1 aliphatic rings. The topological polar surface area (TPSA) is 104 Å². The average molecular weight is 396 g/mol. The van der Waals surface area contributed by atoms with Gasteiger partial charge in [0.2, 0.25) is 5.91 Å². The quantitative estimate of drug-likeness (QED) is 0.807. The average Bonchev–Trinajstić information content (AvgIpc) is 3.01. The fraction of sp³-hybridized carbons (Fsp3) is 0.176. The van der Waals surface area contributed by atoms with Crippen molar-refractivity contribution in [3.63, 3.8) is 0 Å². The number of carbonyl (C=O) groups is 2. The summed E-state index contributed by atoms with van der Waals surface area (Å²) >= 11 is 0. The molecule has 0 saturated carbocycles. The summed E-state index contributed by atoms with van der Waals surface area (Å²) < 4.78 is 53.8. The van der Waals surface area contributed by atoms with E-state index in [9.17, 15) is 26.8 Å². The number of nitrogens with one attached hydrogen (secondary N) is 1. The number of anilines is 2. The molecule has 1 atom stereocenters. The Labute approximate surface area is 153 Å². The van der Waals surface area contributed by atoms with E-state index in [0.717, 1.165) is 30.3 Å². The van der Waals surface area contributed by atoms with Gasteiger partial charge in [-0.2, -0.15) is 0 Å². The normalized spacial score (nSPS) is 17.2. The number of hydrogen-bond donors (Lipinski definition) is 2. The van der Waals surface area contributed by atoms with Gasteiger partial charge in [0.25, 0.3) is 10.0 Å². The van der Waals surface area contributed by atoms with E-state index < -0.39 is 39.2 Å². The molecule has 2 aromatic rings. The molecule has 0 bridgehead atoms. The van der Waals surface area contributed by atoms with Gasteiger partial charge in [-0.15, -0.1) is 0 Å². The number of para-hydroxylation sites is 1. The van der Waals surface area contributed by atoms with Crippen LogP contribution >= 0.6 is 0 Å². The number of nitrogens with zero attached hydrogens (tertiary/aromatic N) is 1. The zero-order chi connectivity index (χ0) is 19.8. The second kappa shape index (κ2) is 6.95. The summed E-state index contributed by atoms with van der Waals surface area (Å²) in [5.41, 5.74) is -0.458. The summed E-state index contributed by atoms with van der Waals surface area (Å²) in [6.45, 7) is -0.0149. The van der Waals surface area contributed by atoms with Crippen LogP contribution in [0.3, 0.4) is 0 Å². The number of amides is 1. The standard InChI is InChI=1S/C17H14F2N2O5S/c18-13-2-1-3-14(19)16(13)20-27(25,26)12-6-4-11(5-7-12)21-9-10(17(23)24)8-15(21)22/h1-7,10,20H,8-9H2,(H,23,24). The van der Waals surface area contributed by atoms with Gasteiger partial charge < -0.3 is 10.0 Å². The van der Waals surface area contributed by atoms with Crippen molar-refractivity contribution in [3.8, 4) is 0 Å². The molecule has 10 heteroatoms. The van der Waals surface area contributed by atoms with E-state index in [2.05, 4.69) is 0 Å². The molecule has 2 aromatic carbocycles. The molecule has 1 unspecified atom stereocenters. The Hall–Kier alpha value is -3.01. The second-order valence-corrected chi connectivity index (χ2v) is 7.62. The van der Waals surface area contributed by atoms with Gasteiger partial charge >= 0.3 is 5.97 Å². The lowest BCUT2D eigenvalue weighted by Crippen LogP contribution is -2.25. The molecule has 1 aliphatic heterocycles. The first-order valence-corrected chi connectivity index (χ1v) is 9.27. The Morgan fingerprint density at radius 3 is 2.22 bits per heavy atom. The molecule has 0 aromatic heterocycles. The lowest BCUT2D eigenvalue weighted by Gasteiger charge is -2.17. The molecule has 27 heavy (non-hydrogen) atoms. The van der Waals surface area contributed by atoms with Gasteiger partial charge in [-0.3, -0.25) is 14.3 Å². The third kappa shape index (κ3) is 3.75. The smallest absolute Gasteiger partial charge is 0.308 e.